The summed E-state index contributed by atoms with van der Waals surface area (Å²) in [6, 6.07) is 6.11. The second-order valence-electron chi connectivity index (χ2n) is 6.49. The number of carbonyl (C=O) groups is 1. The molecule has 3 rings (SSSR count). The van der Waals surface area contributed by atoms with Crippen molar-refractivity contribution in [3.8, 4) is 0 Å². The molecule has 0 radical (unpaired) electrons. The molecule has 0 N–H and O–H groups in total. The largest absolute Gasteiger partial charge is 0.398 e. The lowest BCUT2D eigenvalue weighted by Crippen LogP contribution is -2.49. The molecular formula is C19H19F4N3OS. The molecule has 1 amide bonds. The molecule has 0 unspecified atom stereocenters. The number of thioether (sulfide) groups is 1. The Kier molecular flexibility index (Phi) is 6.12. The van der Waals surface area contributed by atoms with E-state index in [1.165, 1.54) is 18.3 Å². The summed E-state index contributed by atoms with van der Waals surface area (Å²) in [5, 5.41) is 0. The van der Waals surface area contributed by atoms with Crippen LogP contribution in [0.3, 0.4) is 0 Å². The van der Waals surface area contributed by atoms with Crippen molar-refractivity contribution in [2.45, 2.75) is 18.0 Å². The number of carbonyl (C=O) groups excluding carboxylic acids is 1. The van der Waals surface area contributed by atoms with Crippen LogP contribution in [-0.2, 0) is 0 Å². The van der Waals surface area contributed by atoms with Gasteiger partial charge in [0.25, 0.3) is 5.91 Å². The summed E-state index contributed by atoms with van der Waals surface area (Å²) < 4.78 is 52.0. The number of pyridine rings is 1. The van der Waals surface area contributed by atoms with Crippen molar-refractivity contribution < 1.29 is 22.4 Å². The van der Waals surface area contributed by atoms with Crippen LogP contribution in [0, 0.1) is 12.7 Å². The average Bonchev–Trinajstić information content (AvgIpc) is 2.67. The van der Waals surface area contributed by atoms with Gasteiger partial charge in [-0.05, 0) is 36.8 Å². The van der Waals surface area contributed by atoms with Crippen molar-refractivity contribution in [2.24, 2.45) is 0 Å². The first-order chi connectivity index (χ1) is 13.2. The minimum atomic E-state index is -4.29. The SMILES string of the molecule is Cc1cc(F)c(N2CCN(C(=O)c3cccnc3)CC2)cc1SCC(F)(F)F. The van der Waals surface area contributed by atoms with Gasteiger partial charge in [-0.3, -0.25) is 9.78 Å². The number of hydrogen-bond acceptors (Lipinski definition) is 4. The monoisotopic (exact) mass is 413 g/mol. The van der Waals surface area contributed by atoms with E-state index in [-0.39, 0.29) is 11.6 Å². The molecule has 0 bridgehead atoms. The Labute approximate surface area is 164 Å². The highest BCUT2D eigenvalue weighted by molar-refractivity contribution is 7.99. The highest BCUT2D eigenvalue weighted by Gasteiger charge is 2.28. The molecule has 1 fully saturated rings. The Hall–Kier alpha value is -2.29. The van der Waals surface area contributed by atoms with Crippen LogP contribution >= 0.6 is 11.8 Å². The minimum Gasteiger partial charge on any atom is -0.366 e. The minimum absolute atomic E-state index is 0.140. The van der Waals surface area contributed by atoms with Gasteiger partial charge in [-0.15, -0.1) is 11.8 Å². The summed E-state index contributed by atoms with van der Waals surface area (Å²) in [4.78, 5) is 20.2. The van der Waals surface area contributed by atoms with Crippen LogP contribution in [0.4, 0.5) is 23.2 Å². The highest BCUT2D eigenvalue weighted by atomic mass is 32.2. The van der Waals surface area contributed by atoms with E-state index < -0.39 is 17.7 Å². The Bertz CT molecular complexity index is 837. The third-order valence-corrected chi connectivity index (χ3v) is 5.67. The Morgan fingerprint density at radius 1 is 1.21 bits per heavy atom. The van der Waals surface area contributed by atoms with Crippen molar-refractivity contribution in [1.29, 1.82) is 0 Å². The van der Waals surface area contributed by atoms with Crippen LogP contribution in [0.25, 0.3) is 0 Å². The Morgan fingerprint density at radius 2 is 1.93 bits per heavy atom. The average molecular weight is 413 g/mol. The standard InChI is InChI=1S/C19H19F4N3OS/c1-13-9-15(20)16(10-17(13)28-12-19(21,22)23)25-5-7-26(8-6-25)18(27)14-3-2-4-24-11-14/h2-4,9-11H,5-8,12H2,1H3. The summed E-state index contributed by atoms with van der Waals surface area (Å²) in [5.41, 5.74) is 1.23. The fourth-order valence-corrected chi connectivity index (χ4v) is 3.82. The van der Waals surface area contributed by atoms with Crippen LogP contribution < -0.4 is 4.90 Å². The van der Waals surface area contributed by atoms with Gasteiger partial charge in [0.2, 0.25) is 0 Å². The number of nitrogens with zero attached hydrogens (tertiary/aromatic N) is 3. The molecule has 0 spiro atoms. The zero-order valence-electron chi connectivity index (χ0n) is 15.2. The molecule has 0 saturated carbocycles. The molecule has 4 nitrogen and oxygen atoms in total. The van der Waals surface area contributed by atoms with Crippen molar-refractivity contribution in [3.63, 3.8) is 0 Å². The number of aryl methyl sites for hydroxylation is 1. The first kappa shape index (κ1) is 20.4. The number of alkyl halides is 3. The van der Waals surface area contributed by atoms with Gasteiger partial charge in [0.1, 0.15) is 5.82 Å². The van der Waals surface area contributed by atoms with Gasteiger partial charge < -0.3 is 9.80 Å². The lowest BCUT2D eigenvalue weighted by Gasteiger charge is -2.36. The van der Waals surface area contributed by atoms with Crippen LogP contribution in [0.5, 0.6) is 0 Å². The quantitative estimate of drug-likeness (QED) is 0.558. The fraction of sp³-hybridized carbons (Fsp3) is 0.368. The third kappa shape index (κ3) is 4.95. The van der Waals surface area contributed by atoms with E-state index in [4.69, 9.17) is 0 Å². The summed E-state index contributed by atoms with van der Waals surface area (Å²) in [6.07, 6.45) is -1.20. The normalized spacial score (nSPS) is 15.0. The summed E-state index contributed by atoms with van der Waals surface area (Å²) in [7, 11) is 0. The molecule has 150 valence electrons. The molecule has 1 aromatic heterocycles. The summed E-state index contributed by atoms with van der Waals surface area (Å²) in [6.45, 7) is 3.18. The van der Waals surface area contributed by atoms with Crippen LogP contribution in [0.1, 0.15) is 15.9 Å². The van der Waals surface area contributed by atoms with E-state index >= 15 is 0 Å². The highest BCUT2D eigenvalue weighted by Crippen LogP contribution is 2.34. The summed E-state index contributed by atoms with van der Waals surface area (Å²) >= 11 is 0.654. The number of halogens is 4. The third-order valence-electron chi connectivity index (χ3n) is 4.45. The molecule has 1 saturated heterocycles. The smallest absolute Gasteiger partial charge is 0.366 e. The molecule has 1 aliphatic heterocycles. The maximum absolute atomic E-state index is 14.4. The first-order valence-electron chi connectivity index (χ1n) is 8.68. The van der Waals surface area contributed by atoms with Gasteiger partial charge in [-0.25, -0.2) is 4.39 Å². The van der Waals surface area contributed by atoms with Crippen molar-refractivity contribution in [1.82, 2.24) is 9.88 Å². The summed E-state index contributed by atoms with van der Waals surface area (Å²) in [5.74, 6) is -1.63. The zero-order valence-corrected chi connectivity index (χ0v) is 16.0. The second kappa shape index (κ2) is 8.38. The van der Waals surface area contributed by atoms with Gasteiger partial charge in [-0.2, -0.15) is 13.2 Å². The van der Waals surface area contributed by atoms with E-state index in [0.29, 0.717) is 54.0 Å². The number of rotatable bonds is 4. The lowest BCUT2D eigenvalue weighted by molar-refractivity contribution is -0.105. The predicted molar refractivity (Wildman–Crippen MR) is 100 cm³/mol. The fourth-order valence-electron chi connectivity index (χ4n) is 3.02. The number of piperazine rings is 1. The Balaban J connectivity index is 1.69. The number of anilines is 1. The van der Waals surface area contributed by atoms with E-state index in [9.17, 15) is 22.4 Å². The van der Waals surface area contributed by atoms with Crippen molar-refractivity contribution in [2.75, 3.05) is 36.8 Å². The van der Waals surface area contributed by atoms with Crippen LogP contribution in [-0.4, -0.2) is 53.9 Å². The molecule has 1 aromatic carbocycles. The first-order valence-corrected chi connectivity index (χ1v) is 9.67. The van der Waals surface area contributed by atoms with Crippen molar-refractivity contribution >= 4 is 23.4 Å². The van der Waals surface area contributed by atoms with Gasteiger partial charge >= 0.3 is 6.18 Å². The molecule has 0 aliphatic carbocycles. The lowest BCUT2D eigenvalue weighted by atomic mass is 10.1. The number of amides is 1. The molecule has 2 aromatic rings. The van der Waals surface area contributed by atoms with E-state index in [1.54, 1.807) is 35.1 Å². The molecule has 0 atom stereocenters. The number of hydrogen-bond donors (Lipinski definition) is 0. The molecule has 28 heavy (non-hydrogen) atoms. The zero-order chi connectivity index (χ0) is 20.3. The van der Waals surface area contributed by atoms with Crippen LogP contribution in [0.15, 0.2) is 41.6 Å². The van der Waals surface area contributed by atoms with Gasteiger partial charge in [0.05, 0.1) is 17.0 Å². The number of aromatic nitrogens is 1. The van der Waals surface area contributed by atoms with Gasteiger partial charge in [0.15, 0.2) is 0 Å². The predicted octanol–water partition coefficient (Wildman–Crippen LogP) is 4.15. The maximum Gasteiger partial charge on any atom is 0.398 e. The molecule has 2 heterocycles. The van der Waals surface area contributed by atoms with Crippen LogP contribution in [0.2, 0.25) is 0 Å². The van der Waals surface area contributed by atoms with E-state index in [2.05, 4.69) is 4.98 Å². The molecule has 9 heteroatoms. The Morgan fingerprint density at radius 3 is 2.54 bits per heavy atom. The van der Waals surface area contributed by atoms with Gasteiger partial charge in [-0.1, -0.05) is 0 Å². The van der Waals surface area contributed by atoms with E-state index in [1.807, 2.05) is 0 Å². The topological polar surface area (TPSA) is 36.4 Å². The molecule has 1 aliphatic rings. The van der Waals surface area contributed by atoms with E-state index in [0.717, 1.165) is 0 Å². The molecular weight excluding hydrogens is 394 g/mol. The maximum atomic E-state index is 14.4. The van der Waals surface area contributed by atoms with Crippen molar-refractivity contribution in [3.05, 3.63) is 53.6 Å². The second-order valence-corrected chi connectivity index (χ2v) is 7.51. The van der Waals surface area contributed by atoms with Gasteiger partial charge in [0, 0.05) is 43.5 Å². The number of benzene rings is 1.